The molecule has 2 amide bonds. The average molecular weight is 390 g/mol. The van der Waals surface area contributed by atoms with Gasteiger partial charge in [0.25, 0.3) is 0 Å². The first-order chi connectivity index (χ1) is 12.9. The number of carbonyl (C=O) groups excluding carboxylic acids is 2. The van der Waals surface area contributed by atoms with Crippen LogP contribution in [0, 0.1) is 6.92 Å². The molecule has 0 bridgehead atoms. The van der Waals surface area contributed by atoms with Gasteiger partial charge in [-0.3, -0.25) is 9.59 Å². The van der Waals surface area contributed by atoms with Gasteiger partial charge in [0.05, 0.1) is 13.3 Å². The monoisotopic (exact) mass is 389 g/mol. The van der Waals surface area contributed by atoms with Gasteiger partial charge < -0.3 is 15.2 Å². The van der Waals surface area contributed by atoms with Gasteiger partial charge >= 0.3 is 0 Å². The Hall–Kier alpha value is -3.06. The maximum atomic E-state index is 12.0. The first-order valence-electron chi connectivity index (χ1n) is 8.15. The van der Waals surface area contributed by atoms with Gasteiger partial charge in [-0.05, 0) is 36.8 Å². The number of halogens is 1. The molecule has 0 aliphatic rings. The van der Waals surface area contributed by atoms with Crippen LogP contribution in [0.1, 0.15) is 24.0 Å². The number of hydrogen-bond donors (Lipinski definition) is 3. The van der Waals surface area contributed by atoms with Gasteiger partial charge in [-0.15, -0.1) is 0 Å². The Balaban J connectivity index is 1.82. The van der Waals surface area contributed by atoms with Gasteiger partial charge in [0, 0.05) is 29.1 Å². The summed E-state index contributed by atoms with van der Waals surface area (Å²) in [5.74, 6) is -0.496. The summed E-state index contributed by atoms with van der Waals surface area (Å²) in [5, 5.41) is 17.0. The molecule has 2 rings (SSSR count). The maximum absolute atomic E-state index is 12.0. The third-order valence-corrected chi connectivity index (χ3v) is 4.17. The molecule has 0 unspecified atom stereocenters. The molecule has 0 heterocycles. The van der Waals surface area contributed by atoms with Crippen LogP contribution in [0.4, 0.5) is 5.69 Å². The summed E-state index contributed by atoms with van der Waals surface area (Å²) in [4.78, 5) is 23.8. The van der Waals surface area contributed by atoms with Gasteiger partial charge in [-0.25, -0.2) is 5.43 Å². The Morgan fingerprint density at radius 1 is 1.19 bits per heavy atom. The van der Waals surface area contributed by atoms with E-state index in [-0.39, 0.29) is 24.5 Å². The van der Waals surface area contributed by atoms with Crippen molar-refractivity contribution in [2.75, 3.05) is 12.4 Å². The highest BCUT2D eigenvalue weighted by Gasteiger charge is 2.09. The SMILES string of the molecule is COc1cccc(/C=N\NC(=O)CCC(=O)Nc2cccc(Cl)c2C)c1O. The van der Waals surface area contributed by atoms with Crippen molar-refractivity contribution in [3.8, 4) is 11.5 Å². The predicted molar refractivity (Wildman–Crippen MR) is 104 cm³/mol. The van der Waals surface area contributed by atoms with Gasteiger partial charge in [0.2, 0.25) is 11.8 Å². The van der Waals surface area contributed by atoms with Crippen LogP contribution >= 0.6 is 11.6 Å². The zero-order valence-corrected chi connectivity index (χ0v) is 15.7. The first-order valence-corrected chi connectivity index (χ1v) is 8.53. The number of ether oxygens (including phenoxy) is 1. The second-order valence-electron chi connectivity index (χ2n) is 5.65. The Morgan fingerprint density at radius 2 is 1.89 bits per heavy atom. The molecule has 0 aromatic heterocycles. The third kappa shape index (κ3) is 5.72. The largest absolute Gasteiger partial charge is 0.504 e. The average Bonchev–Trinajstić information content (AvgIpc) is 2.65. The lowest BCUT2D eigenvalue weighted by Crippen LogP contribution is -2.20. The van der Waals surface area contributed by atoms with Crippen LogP contribution in [0.2, 0.25) is 5.02 Å². The van der Waals surface area contributed by atoms with E-state index in [0.717, 1.165) is 5.56 Å². The molecule has 8 heteroatoms. The number of para-hydroxylation sites is 1. The second kappa shape index (κ2) is 9.59. The predicted octanol–water partition coefficient (Wildman–Crippen LogP) is 3.23. The highest BCUT2D eigenvalue weighted by Crippen LogP contribution is 2.28. The van der Waals surface area contributed by atoms with Crippen molar-refractivity contribution in [2.45, 2.75) is 19.8 Å². The molecule has 7 nitrogen and oxygen atoms in total. The van der Waals surface area contributed by atoms with Gasteiger partial charge in [0.15, 0.2) is 11.5 Å². The van der Waals surface area contributed by atoms with E-state index in [2.05, 4.69) is 15.8 Å². The number of methoxy groups -OCH3 is 1. The fourth-order valence-corrected chi connectivity index (χ4v) is 2.40. The Labute approximate surface area is 162 Å². The molecule has 0 aliphatic heterocycles. The number of rotatable bonds is 7. The van der Waals surface area contributed by atoms with E-state index in [1.165, 1.54) is 13.3 Å². The fraction of sp³-hybridized carbons (Fsp3) is 0.211. The quantitative estimate of drug-likeness (QED) is 0.500. The van der Waals surface area contributed by atoms with Crippen molar-refractivity contribution in [3.05, 3.63) is 52.5 Å². The van der Waals surface area contributed by atoms with Gasteiger partial charge in [-0.1, -0.05) is 23.7 Å². The number of nitrogens with one attached hydrogen (secondary N) is 2. The lowest BCUT2D eigenvalue weighted by molar-refractivity contribution is -0.124. The number of nitrogens with zero attached hydrogens (tertiary/aromatic N) is 1. The topological polar surface area (TPSA) is 100 Å². The molecule has 0 fully saturated rings. The summed E-state index contributed by atoms with van der Waals surface area (Å²) < 4.78 is 4.99. The summed E-state index contributed by atoms with van der Waals surface area (Å²) in [7, 11) is 1.44. The third-order valence-electron chi connectivity index (χ3n) is 3.76. The van der Waals surface area contributed by atoms with Crippen molar-refractivity contribution in [1.82, 2.24) is 5.43 Å². The van der Waals surface area contributed by atoms with Crippen LogP contribution in [0.15, 0.2) is 41.5 Å². The maximum Gasteiger partial charge on any atom is 0.240 e. The minimum atomic E-state index is -0.424. The number of aromatic hydroxyl groups is 1. The van der Waals surface area contributed by atoms with Crippen LogP contribution in [0.25, 0.3) is 0 Å². The van der Waals surface area contributed by atoms with Crippen molar-refractivity contribution in [2.24, 2.45) is 5.10 Å². The normalized spacial score (nSPS) is 10.6. The molecule has 2 aromatic carbocycles. The molecular weight excluding hydrogens is 370 g/mol. The molecule has 2 aromatic rings. The van der Waals surface area contributed by atoms with Crippen molar-refractivity contribution in [3.63, 3.8) is 0 Å². The molecule has 0 saturated carbocycles. The number of phenols is 1. The number of anilines is 1. The van der Waals surface area contributed by atoms with Crippen molar-refractivity contribution in [1.29, 1.82) is 0 Å². The molecule has 0 aliphatic carbocycles. The number of carbonyl (C=O) groups is 2. The van der Waals surface area contributed by atoms with E-state index in [1.807, 2.05) is 0 Å². The number of benzene rings is 2. The Kier molecular flexibility index (Phi) is 7.19. The summed E-state index contributed by atoms with van der Waals surface area (Å²) >= 11 is 6.01. The second-order valence-corrected chi connectivity index (χ2v) is 6.06. The number of hydrazone groups is 1. The number of amides is 2. The lowest BCUT2D eigenvalue weighted by atomic mass is 10.2. The molecule has 142 valence electrons. The van der Waals surface area contributed by atoms with Gasteiger partial charge in [-0.2, -0.15) is 5.10 Å². The first kappa shape index (κ1) is 20.3. The zero-order valence-electron chi connectivity index (χ0n) is 15.0. The Morgan fingerprint density at radius 3 is 2.63 bits per heavy atom. The summed E-state index contributed by atoms with van der Waals surface area (Å²) in [6.07, 6.45) is 1.26. The Bertz CT molecular complexity index is 868. The van der Waals surface area contributed by atoms with Gasteiger partial charge in [0.1, 0.15) is 0 Å². The fourth-order valence-electron chi connectivity index (χ4n) is 2.22. The van der Waals surface area contributed by atoms with Crippen molar-refractivity contribution < 1.29 is 19.4 Å². The highest BCUT2D eigenvalue weighted by molar-refractivity contribution is 6.31. The van der Waals surface area contributed by atoms with E-state index in [9.17, 15) is 14.7 Å². The van der Waals surface area contributed by atoms with Crippen LogP contribution < -0.4 is 15.5 Å². The van der Waals surface area contributed by atoms with E-state index in [0.29, 0.717) is 22.0 Å². The molecule has 0 atom stereocenters. The number of phenolic OH excluding ortho intramolecular Hbond substituents is 1. The molecule has 27 heavy (non-hydrogen) atoms. The molecule has 0 saturated heterocycles. The standard InChI is InChI=1S/C19H20ClN3O4/c1-12-14(20)6-4-7-15(12)22-17(24)9-10-18(25)23-21-11-13-5-3-8-16(27-2)19(13)26/h3-8,11,26H,9-10H2,1-2H3,(H,22,24)(H,23,25)/b21-11-. The summed E-state index contributed by atoms with van der Waals surface area (Å²) in [6, 6.07) is 10.1. The molecule has 0 radical (unpaired) electrons. The minimum Gasteiger partial charge on any atom is -0.504 e. The van der Waals surface area contributed by atoms with Crippen LogP contribution in [-0.2, 0) is 9.59 Å². The van der Waals surface area contributed by atoms with E-state index in [1.54, 1.807) is 43.3 Å². The molecule has 3 N–H and O–H groups in total. The van der Waals surface area contributed by atoms with Crippen LogP contribution in [0.3, 0.4) is 0 Å². The molecule has 0 spiro atoms. The van der Waals surface area contributed by atoms with E-state index >= 15 is 0 Å². The van der Waals surface area contributed by atoms with Crippen LogP contribution in [-0.4, -0.2) is 30.2 Å². The van der Waals surface area contributed by atoms with Crippen molar-refractivity contribution >= 4 is 35.3 Å². The van der Waals surface area contributed by atoms with E-state index in [4.69, 9.17) is 16.3 Å². The minimum absolute atomic E-state index is 0.00227. The lowest BCUT2D eigenvalue weighted by Gasteiger charge is -2.09. The molecular formula is C19H20ClN3O4. The summed E-state index contributed by atoms with van der Waals surface area (Å²) in [5.41, 5.74) is 4.08. The van der Waals surface area contributed by atoms with E-state index < -0.39 is 5.91 Å². The number of hydrogen-bond acceptors (Lipinski definition) is 5. The highest BCUT2D eigenvalue weighted by atomic mass is 35.5. The smallest absolute Gasteiger partial charge is 0.240 e. The zero-order chi connectivity index (χ0) is 19.8. The summed E-state index contributed by atoms with van der Waals surface area (Å²) in [6.45, 7) is 1.80. The van der Waals surface area contributed by atoms with Crippen LogP contribution in [0.5, 0.6) is 11.5 Å².